The first-order valence-corrected chi connectivity index (χ1v) is 13.1. The molecule has 0 aliphatic carbocycles. The summed E-state index contributed by atoms with van der Waals surface area (Å²) in [7, 11) is 0. The number of rotatable bonds is 14. The second-order valence-electron chi connectivity index (χ2n) is 9.64. The van der Waals surface area contributed by atoms with Gasteiger partial charge in [-0.25, -0.2) is 9.78 Å². The van der Waals surface area contributed by atoms with Crippen molar-refractivity contribution in [3.63, 3.8) is 0 Å². The number of amides is 4. The average Bonchev–Trinajstić information content (AvgIpc) is 3.68. The van der Waals surface area contributed by atoms with Crippen molar-refractivity contribution in [2.45, 2.75) is 75.5 Å². The Kier molecular flexibility index (Phi) is 11.0. The highest BCUT2D eigenvalue weighted by atomic mass is 16.4. The van der Waals surface area contributed by atoms with E-state index in [-0.39, 0.29) is 18.4 Å². The monoisotopic (exact) mass is 534 g/mol. The van der Waals surface area contributed by atoms with Crippen molar-refractivity contribution in [1.29, 1.82) is 0 Å². The SMILES string of the molecule is NCCCCC(NC(=O)C1CCCN1)C(=O)NC(Cc1cnc[nH]1)C(=O)NCC(=O)N1CCCC1C(=O)O. The Morgan fingerprint density at radius 1 is 1.11 bits per heavy atom. The van der Waals surface area contributed by atoms with Crippen LogP contribution in [0.4, 0.5) is 0 Å². The summed E-state index contributed by atoms with van der Waals surface area (Å²) >= 11 is 0. The summed E-state index contributed by atoms with van der Waals surface area (Å²) in [5, 5.41) is 20.5. The van der Waals surface area contributed by atoms with Gasteiger partial charge in [-0.3, -0.25) is 19.2 Å². The van der Waals surface area contributed by atoms with Gasteiger partial charge in [-0.15, -0.1) is 0 Å². The first kappa shape index (κ1) is 29.0. The molecule has 38 heavy (non-hydrogen) atoms. The van der Waals surface area contributed by atoms with Crippen molar-refractivity contribution in [1.82, 2.24) is 36.1 Å². The van der Waals surface area contributed by atoms with Crippen LogP contribution in [0.1, 0.15) is 50.6 Å². The summed E-state index contributed by atoms with van der Waals surface area (Å²) in [6.45, 7) is 1.09. The van der Waals surface area contributed by atoms with Crippen LogP contribution >= 0.6 is 0 Å². The summed E-state index contributed by atoms with van der Waals surface area (Å²) in [6.07, 6.45) is 7.16. The van der Waals surface area contributed by atoms with Gasteiger partial charge in [-0.2, -0.15) is 0 Å². The molecule has 14 heteroatoms. The Morgan fingerprint density at radius 3 is 2.58 bits per heavy atom. The first-order chi connectivity index (χ1) is 18.3. The number of aliphatic carboxylic acids is 1. The van der Waals surface area contributed by atoms with E-state index in [0.717, 1.165) is 13.0 Å². The maximum absolute atomic E-state index is 13.3. The Morgan fingerprint density at radius 2 is 1.92 bits per heavy atom. The van der Waals surface area contributed by atoms with E-state index >= 15 is 0 Å². The van der Waals surface area contributed by atoms with Gasteiger partial charge in [0.05, 0.1) is 18.9 Å². The van der Waals surface area contributed by atoms with Crippen molar-refractivity contribution in [2.75, 3.05) is 26.2 Å². The van der Waals surface area contributed by atoms with Crippen LogP contribution in [0.15, 0.2) is 12.5 Å². The normalized spacial score (nSPS) is 20.5. The number of carboxylic acids is 1. The Hall–Kier alpha value is -3.52. The maximum atomic E-state index is 13.3. The number of H-pyrrole nitrogens is 1. The molecule has 1 aromatic rings. The second-order valence-corrected chi connectivity index (χ2v) is 9.64. The van der Waals surface area contributed by atoms with Gasteiger partial charge < -0.3 is 42.0 Å². The summed E-state index contributed by atoms with van der Waals surface area (Å²) in [4.78, 5) is 71.1. The number of nitrogens with zero attached hydrogens (tertiary/aromatic N) is 2. The largest absolute Gasteiger partial charge is 0.480 e. The van der Waals surface area contributed by atoms with Crippen LogP contribution in [-0.4, -0.2) is 99.9 Å². The number of imidazole rings is 1. The van der Waals surface area contributed by atoms with Gasteiger partial charge in [0.1, 0.15) is 18.1 Å². The molecule has 2 saturated heterocycles. The molecule has 210 valence electrons. The minimum Gasteiger partial charge on any atom is -0.480 e. The molecule has 14 nitrogen and oxygen atoms in total. The van der Waals surface area contributed by atoms with Gasteiger partial charge in [0.25, 0.3) is 0 Å². The third-order valence-electron chi connectivity index (χ3n) is 6.84. The lowest BCUT2D eigenvalue weighted by Crippen LogP contribution is -2.57. The second kappa shape index (κ2) is 14.4. The minimum absolute atomic E-state index is 0.0703. The van der Waals surface area contributed by atoms with Crippen molar-refractivity contribution in [2.24, 2.45) is 5.73 Å². The lowest BCUT2D eigenvalue weighted by atomic mass is 10.1. The number of carbonyl (C=O) groups is 5. The fraction of sp³-hybridized carbons (Fsp3) is 0.667. The molecule has 3 rings (SSSR count). The highest BCUT2D eigenvalue weighted by Gasteiger charge is 2.35. The Labute approximate surface area is 220 Å². The van der Waals surface area contributed by atoms with E-state index in [0.29, 0.717) is 57.3 Å². The smallest absolute Gasteiger partial charge is 0.326 e. The van der Waals surface area contributed by atoms with E-state index in [4.69, 9.17) is 5.73 Å². The quantitative estimate of drug-likeness (QED) is 0.131. The number of nitrogens with one attached hydrogen (secondary N) is 5. The summed E-state index contributed by atoms with van der Waals surface area (Å²) in [6, 6.07) is -3.21. The standard InChI is InChI=1S/C24H38N8O6/c25-8-2-1-5-17(30-22(35)16-6-3-9-27-16)23(36)31-18(11-15-12-26-14-29-15)21(34)28-13-20(33)32-10-4-7-19(32)24(37)38/h12,14,16-19,27H,1-11,13,25H2,(H,26,29)(H,28,34)(H,30,35)(H,31,36)(H,37,38). The van der Waals surface area contributed by atoms with E-state index in [1.807, 2.05) is 0 Å². The number of hydrogen-bond donors (Lipinski definition) is 7. The molecule has 0 spiro atoms. The fourth-order valence-corrected chi connectivity index (χ4v) is 4.75. The predicted octanol–water partition coefficient (Wildman–Crippen LogP) is -2.01. The lowest BCUT2D eigenvalue weighted by Gasteiger charge is -2.25. The van der Waals surface area contributed by atoms with Gasteiger partial charge >= 0.3 is 5.97 Å². The molecule has 4 atom stereocenters. The molecule has 2 fully saturated rings. The van der Waals surface area contributed by atoms with Crippen LogP contribution in [0.25, 0.3) is 0 Å². The fourth-order valence-electron chi connectivity index (χ4n) is 4.75. The topological polar surface area (TPSA) is 212 Å². The van der Waals surface area contributed by atoms with Gasteiger partial charge in [0.2, 0.25) is 23.6 Å². The van der Waals surface area contributed by atoms with Crippen LogP contribution < -0.4 is 27.0 Å². The Bertz CT molecular complexity index is 965. The molecular formula is C24H38N8O6. The predicted molar refractivity (Wildman–Crippen MR) is 135 cm³/mol. The Balaban J connectivity index is 1.65. The van der Waals surface area contributed by atoms with Gasteiger partial charge in [-0.05, 0) is 58.0 Å². The third kappa shape index (κ3) is 8.25. The number of aromatic nitrogens is 2. The summed E-state index contributed by atoms with van der Waals surface area (Å²) < 4.78 is 0. The van der Waals surface area contributed by atoms with Crippen LogP contribution in [0.2, 0.25) is 0 Å². The summed E-state index contributed by atoms with van der Waals surface area (Å²) in [5.41, 5.74) is 6.18. The molecule has 0 radical (unpaired) electrons. The van der Waals surface area contributed by atoms with E-state index < -0.39 is 48.4 Å². The van der Waals surface area contributed by atoms with Gasteiger partial charge in [0.15, 0.2) is 0 Å². The molecule has 4 amide bonds. The van der Waals surface area contributed by atoms with Crippen LogP contribution in [0, 0.1) is 0 Å². The van der Waals surface area contributed by atoms with E-state index in [9.17, 15) is 29.1 Å². The molecule has 0 aromatic carbocycles. The number of aromatic amines is 1. The van der Waals surface area contributed by atoms with Crippen molar-refractivity contribution in [3.05, 3.63) is 18.2 Å². The zero-order valence-corrected chi connectivity index (χ0v) is 21.4. The molecule has 4 unspecified atom stereocenters. The molecule has 0 saturated carbocycles. The first-order valence-electron chi connectivity index (χ1n) is 13.1. The lowest BCUT2D eigenvalue weighted by molar-refractivity contribution is -0.148. The number of likely N-dealkylation sites (tertiary alicyclic amines) is 1. The minimum atomic E-state index is -1.08. The molecule has 8 N–H and O–H groups in total. The van der Waals surface area contributed by atoms with Crippen LogP contribution in [0.5, 0.6) is 0 Å². The average molecular weight is 535 g/mol. The molecule has 0 bridgehead atoms. The number of nitrogens with two attached hydrogens (primary N) is 1. The van der Waals surface area contributed by atoms with Crippen molar-refractivity contribution < 1.29 is 29.1 Å². The number of unbranched alkanes of at least 4 members (excludes halogenated alkanes) is 1. The van der Waals surface area contributed by atoms with E-state index in [2.05, 4.69) is 31.2 Å². The zero-order valence-electron chi connectivity index (χ0n) is 21.4. The zero-order chi connectivity index (χ0) is 27.5. The molecular weight excluding hydrogens is 496 g/mol. The maximum Gasteiger partial charge on any atom is 0.326 e. The third-order valence-corrected chi connectivity index (χ3v) is 6.84. The highest BCUT2D eigenvalue weighted by molar-refractivity contribution is 5.94. The molecule has 1 aromatic heterocycles. The number of carbonyl (C=O) groups excluding carboxylic acids is 4. The molecule has 2 aliphatic heterocycles. The van der Waals surface area contributed by atoms with E-state index in [1.165, 1.54) is 17.4 Å². The van der Waals surface area contributed by atoms with E-state index in [1.54, 1.807) is 0 Å². The highest BCUT2D eigenvalue weighted by Crippen LogP contribution is 2.17. The van der Waals surface area contributed by atoms with Crippen LogP contribution in [-0.2, 0) is 30.4 Å². The van der Waals surface area contributed by atoms with Gasteiger partial charge in [-0.1, -0.05) is 0 Å². The number of carboxylic acid groups (broad SMARTS) is 1. The molecule has 2 aliphatic rings. The van der Waals surface area contributed by atoms with Crippen molar-refractivity contribution in [3.8, 4) is 0 Å². The van der Waals surface area contributed by atoms with Gasteiger partial charge in [0, 0.05) is 24.9 Å². The number of hydrogen-bond acceptors (Lipinski definition) is 8. The molecule has 3 heterocycles. The van der Waals surface area contributed by atoms with Crippen LogP contribution in [0.3, 0.4) is 0 Å². The summed E-state index contributed by atoms with van der Waals surface area (Å²) in [5.74, 6) is -3.00. The van der Waals surface area contributed by atoms with Crippen molar-refractivity contribution >= 4 is 29.6 Å².